The minimum Gasteiger partial charge on any atom is -0.424 e. The van der Waals surface area contributed by atoms with Crippen molar-refractivity contribution in [3.63, 3.8) is 0 Å². The number of hydrogen-bond donors (Lipinski definition) is 3. The van der Waals surface area contributed by atoms with Crippen LogP contribution in [-0.2, 0) is 0 Å². The lowest BCUT2D eigenvalue weighted by atomic mass is 10.1. The van der Waals surface area contributed by atoms with Crippen molar-refractivity contribution in [3.05, 3.63) is 59.1 Å². The van der Waals surface area contributed by atoms with Gasteiger partial charge in [0.1, 0.15) is 11.6 Å². The van der Waals surface area contributed by atoms with Gasteiger partial charge in [0.25, 0.3) is 0 Å². The zero-order valence-corrected chi connectivity index (χ0v) is 16.4. The molecule has 154 valence electrons. The predicted molar refractivity (Wildman–Crippen MR) is 109 cm³/mol. The Morgan fingerprint density at radius 3 is 2.70 bits per heavy atom. The van der Waals surface area contributed by atoms with Gasteiger partial charge in [0.05, 0.1) is 17.2 Å². The van der Waals surface area contributed by atoms with E-state index in [-0.39, 0.29) is 24.0 Å². The Balaban J connectivity index is 1.80. The van der Waals surface area contributed by atoms with Crippen LogP contribution in [0.3, 0.4) is 0 Å². The number of aromatic nitrogens is 4. The molecule has 0 amide bonds. The molecule has 0 unspecified atom stereocenters. The molecule has 0 spiro atoms. The van der Waals surface area contributed by atoms with Gasteiger partial charge in [-0.1, -0.05) is 29.8 Å². The summed E-state index contributed by atoms with van der Waals surface area (Å²) in [6, 6.07) is 10.2. The van der Waals surface area contributed by atoms with E-state index in [4.69, 9.17) is 16.3 Å². The zero-order valence-electron chi connectivity index (χ0n) is 15.7. The summed E-state index contributed by atoms with van der Waals surface area (Å²) >= 11 is 6.32. The number of nitrogens with zero attached hydrogens (tertiary/aromatic N) is 3. The average Bonchev–Trinajstić information content (AvgIpc) is 3.13. The number of anilines is 1. The van der Waals surface area contributed by atoms with Gasteiger partial charge in [-0.2, -0.15) is 15.1 Å². The van der Waals surface area contributed by atoms with Gasteiger partial charge < -0.3 is 15.2 Å². The maximum Gasteiger partial charge on any atom is 0.326 e. The van der Waals surface area contributed by atoms with Gasteiger partial charge in [-0.15, -0.1) is 0 Å². The zero-order chi connectivity index (χ0) is 21.3. The van der Waals surface area contributed by atoms with Crippen LogP contribution in [0.15, 0.2) is 42.5 Å². The van der Waals surface area contributed by atoms with Crippen LogP contribution in [0.4, 0.5) is 14.6 Å². The second-order valence-corrected chi connectivity index (χ2v) is 6.95. The van der Waals surface area contributed by atoms with Crippen LogP contribution in [0.5, 0.6) is 11.8 Å². The van der Waals surface area contributed by atoms with Gasteiger partial charge in [-0.05, 0) is 25.1 Å². The predicted octanol–water partition coefficient (Wildman–Crippen LogP) is 4.54. The molecule has 2 heterocycles. The second kappa shape index (κ2) is 8.21. The van der Waals surface area contributed by atoms with Crippen LogP contribution in [0.25, 0.3) is 22.3 Å². The maximum atomic E-state index is 13.5. The molecule has 10 heteroatoms. The van der Waals surface area contributed by atoms with Crippen LogP contribution in [-0.4, -0.2) is 37.9 Å². The Bertz CT molecular complexity index is 1220. The van der Waals surface area contributed by atoms with Crippen molar-refractivity contribution in [1.29, 1.82) is 0 Å². The fourth-order valence-corrected chi connectivity index (χ4v) is 3.06. The molecule has 2 aromatic heterocycles. The largest absolute Gasteiger partial charge is 0.424 e. The molecular weight excluding hydrogens is 416 g/mol. The van der Waals surface area contributed by atoms with Gasteiger partial charge in [0.15, 0.2) is 17.3 Å². The average molecular weight is 432 g/mol. The summed E-state index contributed by atoms with van der Waals surface area (Å²) < 4.78 is 32.1. The number of H-pyrrole nitrogens is 1. The third-order valence-corrected chi connectivity index (χ3v) is 4.53. The highest BCUT2D eigenvalue weighted by Gasteiger charge is 2.19. The molecule has 0 aliphatic heterocycles. The first-order valence-electron chi connectivity index (χ1n) is 8.98. The van der Waals surface area contributed by atoms with Gasteiger partial charge in [0.2, 0.25) is 0 Å². The normalized spacial score (nSPS) is 12.2. The van der Waals surface area contributed by atoms with Crippen molar-refractivity contribution in [2.45, 2.75) is 13.0 Å². The number of halogens is 3. The lowest BCUT2D eigenvalue weighted by Crippen LogP contribution is -2.16. The fourth-order valence-electron chi connectivity index (χ4n) is 2.83. The standard InChI is InChI=1S/C20H16ClF2N5O2/c1-10(29)9-24-18-16-17(12-4-2-3-5-13(12)21)27-28-19(16)26-20(25-18)30-11-6-7-14(22)15(23)8-11/h2-8,10,29H,9H2,1H3,(H2,24,25,26,27,28)/t10-/m0/s1. The fraction of sp³-hybridized carbons (Fsp3) is 0.150. The third-order valence-electron chi connectivity index (χ3n) is 4.20. The molecule has 0 saturated heterocycles. The number of aliphatic hydroxyl groups is 1. The summed E-state index contributed by atoms with van der Waals surface area (Å²) in [6.45, 7) is 1.82. The molecule has 4 rings (SSSR count). The molecular formula is C20H16ClF2N5O2. The SMILES string of the molecule is C[C@H](O)CNc1nc(Oc2ccc(F)c(F)c2)nc2n[nH]c(-c3ccccc3Cl)c12. The number of aromatic amines is 1. The first-order chi connectivity index (χ1) is 14.4. The molecule has 3 N–H and O–H groups in total. The van der Waals surface area contributed by atoms with Crippen LogP contribution < -0.4 is 10.1 Å². The number of nitrogens with one attached hydrogen (secondary N) is 2. The number of ether oxygens (including phenoxy) is 1. The van der Waals surface area contributed by atoms with Gasteiger partial charge in [0, 0.05) is 23.2 Å². The molecule has 4 aromatic rings. The Hall–Kier alpha value is -3.30. The van der Waals surface area contributed by atoms with E-state index < -0.39 is 17.7 Å². The van der Waals surface area contributed by atoms with Crippen molar-refractivity contribution >= 4 is 28.5 Å². The molecule has 30 heavy (non-hydrogen) atoms. The van der Waals surface area contributed by atoms with Gasteiger partial charge in [-0.3, -0.25) is 5.10 Å². The molecule has 0 fully saturated rings. The molecule has 0 radical (unpaired) electrons. The molecule has 0 aliphatic rings. The van der Waals surface area contributed by atoms with E-state index in [2.05, 4.69) is 25.5 Å². The quantitative estimate of drug-likeness (QED) is 0.415. The molecule has 0 saturated carbocycles. The molecule has 0 bridgehead atoms. The van der Waals surface area contributed by atoms with Gasteiger partial charge >= 0.3 is 6.01 Å². The van der Waals surface area contributed by atoms with E-state index >= 15 is 0 Å². The summed E-state index contributed by atoms with van der Waals surface area (Å²) in [4.78, 5) is 8.58. The van der Waals surface area contributed by atoms with E-state index in [0.29, 0.717) is 27.5 Å². The number of benzene rings is 2. The van der Waals surface area contributed by atoms with Crippen molar-refractivity contribution in [1.82, 2.24) is 20.2 Å². The van der Waals surface area contributed by atoms with E-state index in [0.717, 1.165) is 12.1 Å². The molecule has 0 aliphatic carbocycles. The van der Waals surface area contributed by atoms with Crippen molar-refractivity contribution in [3.8, 4) is 23.0 Å². The lowest BCUT2D eigenvalue weighted by Gasteiger charge is -2.12. The molecule has 2 aromatic carbocycles. The van der Waals surface area contributed by atoms with Crippen molar-refractivity contribution < 1.29 is 18.6 Å². The molecule has 1 atom stereocenters. The number of fused-ring (bicyclic) bond motifs is 1. The number of rotatable bonds is 6. The topological polar surface area (TPSA) is 95.9 Å². The number of aliphatic hydroxyl groups excluding tert-OH is 1. The smallest absolute Gasteiger partial charge is 0.326 e. The Morgan fingerprint density at radius 2 is 1.97 bits per heavy atom. The minimum absolute atomic E-state index is 0.0246. The van der Waals surface area contributed by atoms with E-state index in [1.165, 1.54) is 6.07 Å². The van der Waals surface area contributed by atoms with Crippen LogP contribution in [0.2, 0.25) is 5.02 Å². The van der Waals surface area contributed by atoms with E-state index in [1.807, 2.05) is 12.1 Å². The summed E-state index contributed by atoms with van der Waals surface area (Å²) in [6.07, 6.45) is -0.652. The Kier molecular flexibility index (Phi) is 5.47. The summed E-state index contributed by atoms with van der Waals surface area (Å²) in [5, 5.41) is 20.9. The third kappa shape index (κ3) is 4.03. The summed E-state index contributed by atoms with van der Waals surface area (Å²) in [5.74, 6) is -1.68. The summed E-state index contributed by atoms with van der Waals surface area (Å²) in [5.41, 5.74) is 1.55. The Labute approximate surface area is 174 Å². The highest BCUT2D eigenvalue weighted by atomic mass is 35.5. The highest BCUT2D eigenvalue weighted by Crippen LogP contribution is 2.35. The maximum absolute atomic E-state index is 13.5. The first kappa shape index (κ1) is 20.0. The van der Waals surface area contributed by atoms with Crippen LogP contribution >= 0.6 is 11.6 Å². The lowest BCUT2D eigenvalue weighted by molar-refractivity contribution is 0.208. The van der Waals surface area contributed by atoms with Gasteiger partial charge in [-0.25, -0.2) is 8.78 Å². The number of hydrogen-bond acceptors (Lipinski definition) is 6. The second-order valence-electron chi connectivity index (χ2n) is 6.54. The summed E-state index contributed by atoms with van der Waals surface area (Å²) in [7, 11) is 0. The van der Waals surface area contributed by atoms with Crippen LogP contribution in [0.1, 0.15) is 6.92 Å². The molecule has 7 nitrogen and oxygen atoms in total. The minimum atomic E-state index is -1.05. The Morgan fingerprint density at radius 1 is 1.17 bits per heavy atom. The van der Waals surface area contributed by atoms with E-state index in [1.54, 1.807) is 19.1 Å². The van der Waals surface area contributed by atoms with Crippen molar-refractivity contribution in [2.75, 3.05) is 11.9 Å². The highest BCUT2D eigenvalue weighted by molar-refractivity contribution is 6.33. The monoisotopic (exact) mass is 431 g/mol. The van der Waals surface area contributed by atoms with Crippen molar-refractivity contribution in [2.24, 2.45) is 0 Å². The van der Waals surface area contributed by atoms with E-state index in [9.17, 15) is 13.9 Å². The first-order valence-corrected chi connectivity index (χ1v) is 9.36. The van der Waals surface area contributed by atoms with Crippen LogP contribution in [0, 0.1) is 11.6 Å².